The number of nitrogens with zero attached hydrogens (tertiary/aromatic N) is 4. The van der Waals surface area contributed by atoms with Gasteiger partial charge in [-0.3, -0.25) is 0 Å². The van der Waals surface area contributed by atoms with Crippen LogP contribution in [0.5, 0.6) is 0 Å². The van der Waals surface area contributed by atoms with Crippen molar-refractivity contribution in [3.8, 4) is 11.3 Å². The molecule has 26 heavy (non-hydrogen) atoms. The van der Waals surface area contributed by atoms with Gasteiger partial charge in [-0.15, -0.1) is 0 Å². The van der Waals surface area contributed by atoms with Gasteiger partial charge in [-0.2, -0.15) is 0 Å². The van der Waals surface area contributed by atoms with Gasteiger partial charge < -0.3 is 0 Å². The number of hydrogen-bond acceptors (Lipinski definition) is 4. The van der Waals surface area contributed by atoms with Crippen molar-refractivity contribution in [2.24, 2.45) is 0 Å². The third kappa shape index (κ3) is 3.31. The van der Waals surface area contributed by atoms with Crippen LogP contribution < -0.4 is 0 Å². The fraction of sp³-hybridized carbons (Fsp3) is 0.182. The largest absolute Gasteiger partial charge is 0.238 e. The molecule has 0 amide bonds. The van der Waals surface area contributed by atoms with E-state index in [1.165, 1.54) is 5.56 Å². The zero-order chi connectivity index (χ0) is 18.1. The lowest BCUT2D eigenvalue weighted by Crippen LogP contribution is -2.05. The van der Waals surface area contributed by atoms with Crippen molar-refractivity contribution >= 4 is 10.9 Å². The standard InChI is InChI=1S/C22H20N4/c1-14-9-10-18-16(3)24-22(26-20(18)11-14)13-21-23-15(2)12-19(25-21)17-7-5-4-6-8-17/h4-12H,13H2,1-3H3. The minimum absolute atomic E-state index is 0.520. The Bertz CT molecular complexity index is 1090. The van der Waals surface area contributed by atoms with Crippen molar-refractivity contribution in [2.75, 3.05) is 0 Å². The zero-order valence-electron chi connectivity index (χ0n) is 15.2. The van der Waals surface area contributed by atoms with E-state index in [0.717, 1.165) is 45.2 Å². The predicted molar refractivity (Wildman–Crippen MR) is 104 cm³/mol. The maximum Gasteiger partial charge on any atom is 0.136 e. The van der Waals surface area contributed by atoms with Gasteiger partial charge >= 0.3 is 0 Å². The molecule has 0 saturated heterocycles. The molecule has 2 heterocycles. The molecule has 0 aliphatic heterocycles. The molecule has 0 aliphatic rings. The van der Waals surface area contributed by atoms with Crippen molar-refractivity contribution in [2.45, 2.75) is 27.2 Å². The Hall–Kier alpha value is -3.14. The molecule has 0 atom stereocenters. The lowest BCUT2D eigenvalue weighted by Gasteiger charge is -2.08. The van der Waals surface area contributed by atoms with E-state index >= 15 is 0 Å². The smallest absolute Gasteiger partial charge is 0.136 e. The molecule has 4 heteroatoms. The van der Waals surface area contributed by atoms with Crippen molar-refractivity contribution in [1.82, 2.24) is 19.9 Å². The SMILES string of the molecule is Cc1ccc2c(C)nc(Cc3nc(C)cc(-c4ccccc4)n3)nc2c1. The quantitative estimate of drug-likeness (QED) is 0.547. The maximum absolute atomic E-state index is 4.74. The van der Waals surface area contributed by atoms with E-state index in [-0.39, 0.29) is 0 Å². The Morgan fingerprint density at radius 1 is 0.731 bits per heavy atom. The highest BCUT2D eigenvalue weighted by molar-refractivity contribution is 5.81. The number of benzene rings is 2. The van der Waals surface area contributed by atoms with Gasteiger partial charge in [-0.25, -0.2) is 19.9 Å². The minimum atomic E-state index is 0.520. The Balaban J connectivity index is 1.73. The Labute approximate surface area is 153 Å². The van der Waals surface area contributed by atoms with E-state index in [4.69, 9.17) is 9.97 Å². The number of aryl methyl sites for hydroxylation is 3. The summed E-state index contributed by atoms with van der Waals surface area (Å²) in [5, 5.41) is 1.09. The van der Waals surface area contributed by atoms with Crippen LogP contribution in [0, 0.1) is 20.8 Å². The van der Waals surface area contributed by atoms with E-state index in [9.17, 15) is 0 Å². The number of aromatic nitrogens is 4. The van der Waals surface area contributed by atoms with Crippen molar-refractivity contribution in [1.29, 1.82) is 0 Å². The summed E-state index contributed by atoms with van der Waals surface area (Å²) in [4.78, 5) is 18.7. The monoisotopic (exact) mass is 340 g/mol. The Morgan fingerprint density at radius 3 is 2.31 bits per heavy atom. The van der Waals surface area contributed by atoms with Crippen LogP contribution in [0.15, 0.2) is 54.6 Å². The first-order valence-corrected chi connectivity index (χ1v) is 8.72. The van der Waals surface area contributed by atoms with Crippen molar-refractivity contribution < 1.29 is 0 Å². The summed E-state index contributed by atoms with van der Waals surface area (Å²) in [6.45, 7) is 6.09. The summed E-state index contributed by atoms with van der Waals surface area (Å²) in [6, 6.07) is 18.4. The van der Waals surface area contributed by atoms with Gasteiger partial charge in [0.05, 0.1) is 17.6 Å². The maximum atomic E-state index is 4.74. The second-order valence-corrected chi connectivity index (χ2v) is 6.60. The third-order valence-electron chi connectivity index (χ3n) is 4.38. The highest BCUT2D eigenvalue weighted by atomic mass is 14.9. The molecule has 0 spiro atoms. The zero-order valence-corrected chi connectivity index (χ0v) is 15.2. The van der Waals surface area contributed by atoms with Crippen LogP contribution in [0.1, 0.15) is 28.6 Å². The van der Waals surface area contributed by atoms with E-state index in [1.807, 2.05) is 38.1 Å². The molecule has 0 fully saturated rings. The Kier molecular flexibility index (Phi) is 4.17. The predicted octanol–water partition coefficient (Wildman–Crippen LogP) is 4.60. The third-order valence-corrected chi connectivity index (χ3v) is 4.38. The lowest BCUT2D eigenvalue weighted by molar-refractivity contribution is 0.880. The summed E-state index contributed by atoms with van der Waals surface area (Å²) in [7, 11) is 0. The summed E-state index contributed by atoms with van der Waals surface area (Å²) < 4.78 is 0. The molecule has 2 aromatic carbocycles. The highest BCUT2D eigenvalue weighted by Crippen LogP contribution is 2.20. The fourth-order valence-electron chi connectivity index (χ4n) is 3.14. The van der Waals surface area contributed by atoms with Gasteiger partial charge in [-0.1, -0.05) is 42.5 Å². The van der Waals surface area contributed by atoms with Crippen LogP contribution in [0.25, 0.3) is 22.2 Å². The van der Waals surface area contributed by atoms with Gasteiger partial charge in [0.2, 0.25) is 0 Å². The summed E-state index contributed by atoms with van der Waals surface area (Å²) in [5.41, 5.74) is 6.12. The lowest BCUT2D eigenvalue weighted by atomic mass is 10.1. The average Bonchev–Trinajstić information content (AvgIpc) is 2.61. The number of rotatable bonds is 3. The molecular formula is C22H20N4. The first kappa shape index (κ1) is 16.3. The molecular weight excluding hydrogens is 320 g/mol. The molecule has 128 valence electrons. The first-order valence-electron chi connectivity index (χ1n) is 8.72. The molecule has 0 N–H and O–H groups in total. The van der Waals surface area contributed by atoms with Crippen LogP contribution in [-0.4, -0.2) is 19.9 Å². The Morgan fingerprint density at radius 2 is 1.50 bits per heavy atom. The number of fused-ring (bicyclic) bond motifs is 1. The van der Waals surface area contributed by atoms with Crippen LogP contribution in [0.2, 0.25) is 0 Å². The molecule has 0 saturated carbocycles. The average molecular weight is 340 g/mol. The summed E-state index contributed by atoms with van der Waals surface area (Å²) in [6.07, 6.45) is 0.520. The van der Waals surface area contributed by atoms with Gasteiger partial charge in [0.25, 0.3) is 0 Å². The summed E-state index contributed by atoms with van der Waals surface area (Å²) in [5.74, 6) is 1.50. The van der Waals surface area contributed by atoms with Crippen LogP contribution in [-0.2, 0) is 6.42 Å². The van der Waals surface area contributed by atoms with Crippen LogP contribution >= 0.6 is 0 Å². The van der Waals surface area contributed by atoms with Crippen LogP contribution in [0.3, 0.4) is 0 Å². The summed E-state index contributed by atoms with van der Waals surface area (Å²) >= 11 is 0. The van der Waals surface area contributed by atoms with E-state index in [1.54, 1.807) is 0 Å². The second-order valence-electron chi connectivity index (χ2n) is 6.60. The van der Waals surface area contributed by atoms with Crippen LogP contribution in [0.4, 0.5) is 0 Å². The van der Waals surface area contributed by atoms with Gasteiger partial charge in [0.1, 0.15) is 11.6 Å². The van der Waals surface area contributed by atoms with Crippen molar-refractivity contribution in [3.63, 3.8) is 0 Å². The molecule has 4 rings (SSSR count). The highest BCUT2D eigenvalue weighted by Gasteiger charge is 2.10. The number of hydrogen-bond donors (Lipinski definition) is 0. The van der Waals surface area contributed by atoms with E-state index < -0.39 is 0 Å². The molecule has 4 aromatic rings. The van der Waals surface area contributed by atoms with E-state index in [2.05, 4.69) is 47.2 Å². The normalized spacial score (nSPS) is 11.0. The van der Waals surface area contributed by atoms with Crippen molar-refractivity contribution in [3.05, 3.63) is 83.2 Å². The van der Waals surface area contributed by atoms with E-state index in [0.29, 0.717) is 6.42 Å². The molecule has 0 radical (unpaired) electrons. The van der Waals surface area contributed by atoms with Gasteiger partial charge in [-0.05, 0) is 38.5 Å². The molecule has 0 unspecified atom stereocenters. The second kappa shape index (κ2) is 6.64. The van der Waals surface area contributed by atoms with Gasteiger partial charge in [0.15, 0.2) is 0 Å². The molecule has 2 aromatic heterocycles. The van der Waals surface area contributed by atoms with Gasteiger partial charge in [0, 0.05) is 22.3 Å². The molecule has 4 nitrogen and oxygen atoms in total. The minimum Gasteiger partial charge on any atom is -0.238 e. The molecule has 0 aliphatic carbocycles. The first-order chi connectivity index (χ1) is 12.6. The fourth-order valence-corrected chi connectivity index (χ4v) is 3.14. The topological polar surface area (TPSA) is 51.6 Å². The molecule has 0 bridgehead atoms.